The summed E-state index contributed by atoms with van der Waals surface area (Å²) >= 11 is 0. The molecule has 0 heterocycles. The molecule has 2 aliphatic carbocycles. The van der Waals surface area contributed by atoms with E-state index in [0.717, 1.165) is 0 Å². The first-order valence-electron chi connectivity index (χ1n) is 9.69. The lowest BCUT2D eigenvalue weighted by Gasteiger charge is -2.27. The van der Waals surface area contributed by atoms with E-state index in [1.165, 1.54) is 24.3 Å². The first-order chi connectivity index (χ1) is 15.2. The van der Waals surface area contributed by atoms with Crippen LogP contribution >= 0.6 is 0 Å². The van der Waals surface area contributed by atoms with Gasteiger partial charge in [-0.3, -0.25) is 9.59 Å². The number of fused-ring (bicyclic) bond motifs is 4. The van der Waals surface area contributed by atoms with E-state index < -0.39 is 23.4 Å². The van der Waals surface area contributed by atoms with Gasteiger partial charge in [0.2, 0.25) is 6.41 Å². The highest BCUT2D eigenvalue weighted by Gasteiger charge is 2.52. The number of phenolic OH excluding ortho intramolecular Hbond substituents is 4. The number of carbonyl (C=O) groups excluding carboxylic acids is 2. The molecule has 0 fully saturated rings. The molecule has 0 saturated carbocycles. The smallest absolute Gasteiger partial charge is 0.296 e. The molecule has 2 amide bonds. The highest BCUT2D eigenvalue weighted by molar-refractivity contribution is 5.93. The first kappa shape index (κ1) is 22.4. The molecule has 2 aliphatic rings. The van der Waals surface area contributed by atoms with Crippen LogP contribution < -0.4 is 10.6 Å². The van der Waals surface area contributed by atoms with Crippen molar-refractivity contribution in [2.24, 2.45) is 0 Å². The second kappa shape index (κ2) is 8.44. The van der Waals surface area contributed by atoms with Crippen molar-refractivity contribution in [1.82, 2.24) is 10.6 Å². The lowest BCUT2D eigenvalue weighted by Crippen LogP contribution is -2.29. The van der Waals surface area contributed by atoms with Crippen LogP contribution in [0.4, 0.5) is 0 Å². The number of amides is 2. The van der Waals surface area contributed by atoms with Gasteiger partial charge in [0.25, 0.3) is 5.91 Å². The van der Waals surface area contributed by atoms with E-state index in [2.05, 4.69) is 23.0 Å². The lowest BCUT2D eigenvalue weighted by atomic mass is 9.76. The van der Waals surface area contributed by atoms with Crippen LogP contribution in [0.15, 0.2) is 24.3 Å². The van der Waals surface area contributed by atoms with E-state index in [-0.39, 0.29) is 23.0 Å². The van der Waals surface area contributed by atoms with Gasteiger partial charge in [0.15, 0.2) is 23.0 Å². The molecule has 0 saturated heterocycles. The van der Waals surface area contributed by atoms with E-state index in [0.29, 0.717) is 41.5 Å². The number of phenols is 4. The van der Waals surface area contributed by atoms with Crippen LogP contribution in [0.25, 0.3) is 0 Å². The van der Waals surface area contributed by atoms with Crippen molar-refractivity contribution in [2.45, 2.75) is 37.3 Å². The largest absolute Gasteiger partial charge is 0.504 e. The van der Waals surface area contributed by atoms with Gasteiger partial charge in [-0.05, 0) is 72.2 Å². The van der Waals surface area contributed by atoms with E-state index in [1.54, 1.807) is 6.92 Å². The van der Waals surface area contributed by atoms with Gasteiger partial charge in [0.1, 0.15) is 0 Å². The number of hydrogen-bond acceptors (Lipinski definition) is 6. The van der Waals surface area contributed by atoms with E-state index in [9.17, 15) is 30.0 Å². The number of hydrogen-bond donors (Lipinski definition) is 6. The van der Waals surface area contributed by atoms with Crippen LogP contribution in [0, 0.1) is 24.7 Å². The van der Waals surface area contributed by atoms with E-state index >= 15 is 0 Å². The van der Waals surface area contributed by atoms with Gasteiger partial charge in [-0.25, -0.2) is 0 Å². The van der Waals surface area contributed by atoms with Crippen LogP contribution in [0.5, 0.6) is 23.0 Å². The Labute approximate surface area is 184 Å². The van der Waals surface area contributed by atoms with Crippen molar-refractivity contribution in [1.29, 1.82) is 0 Å². The molecule has 2 aromatic carbocycles. The molecule has 0 bridgehead atoms. The number of nitrogens with one attached hydrogen (secondary N) is 2. The van der Waals surface area contributed by atoms with Crippen LogP contribution in [-0.2, 0) is 15.0 Å². The fraction of sp³-hybridized carbons (Fsp3) is 0.250. The summed E-state index contributed by atoms with van der Waals surface area (Å²) in [6.07, 6.45) is 11.0. The minimum atomic E-state index is -0.797. The normalized spacial score (nSPS) is 21.8. The SMILES string of the molecule is C#CC.C#CC(=O)NC1CC2(CC(NC=O)c3cc(O)c(O)cc32)c2cc(O)c(O)cc21. The average molecular weight is 434 g/mol. The van der Waals surface area contributed by atoms with Gasteiger partial charge in [0.05, 0.1) is 12.1 Å². The molecule has 3 atom stereocenters. The summed E-state index contributed by atoms with van der Waals surface area (Å²) in [7, 11) is 0. The van der Waals surface area contributed by atoms with Gasteiger partial charge >= 0.3 is 0 Å². The molecule has 6 N–H and O–H groups in total. The Kier molecular flexibility index (Phi) is 5.91. The minimum Gasteiger partial charge on any atom is -0.504 e. The highest BCUT2D eigenvalue weighted by Crippen LogP contribution is 2.60. The minimum absolute atomic E-state index is 0.317. The monoisotopic (exact) mass is 434 g/mol. The number of carbonyl (C=O) groups is 2. The standard InChI is InChI=1S/C21H18N2O6.C3H4/c1-2-20(29)23-15-8-21(13-6-19(28)17(26)4-11(13)15)7-14(22-9-24)10-3-16(25)18(27)5-12(10)21;1-3-2/h1,3-6,9,14-15,25-28H,7-8H2,(H,22,24)(H,23,29);1H,2H3. The molecular formula is C24H22N2O6. The van der Waals surface area contributed by atoms with Crippen molar-refractivity contribution in [3.8, 4) is 47.7 Å². The zero-order valence-electron chi connectivity index (χ0n) is 17.2. The number of benzene rings is 2. The van der Waals surface area contributed by atoms with Crippen LogP contribution in [0.3, 0.4) is 0 Å². The van der Waals surface area contributed by atoms with E-state index in [4.69, 9.17) is 6.42 Å². The van der Waals surface area contributed by atoms with Crippen molar-refractivity contribution in [3.63, 3.8) is 0 Å². The molecule has 164 valence electrons. The number of terminal acetylenes is 2. The topological polar surface area (TPSA) is 139 Å². The molecule has 4 rings (SSSR count). The Hall–Kier alpha value is -4.30. The zero-order valence-corrected chi connectivity index (χ0v) is 17.2. The molecule has 32 heavy (non-hydrogen) atoms. The molecule has 0 aliphatic heterocycles. The van der Waals surface area contributed by atoms with Gasteiger partial charge in [-0.2, -0.15) is 0 Å². The van der Waals surface area contributed by atoms with Gasteiger partial charge < -0.3 is 31.1 Å². The summed E-state index contributed by atoms with van der Waals surface area (Å²) in [6.45, 7) is 1.65. The second-order valence-corrected chi connectivity index (χ2v) is 7.64. The Bertz CT molecular complexity index is 1180. The molecule has 8 heteroatoms. The van der Waals surface area contributed by atoms with Crippen LogP contribution in [0.1, 0.15) is 54.1 Å². The third-order valence-electron chi connectivity index (χ3n) is 5.89. The molecule has 3 unspecified atom stereocenters. The highest BCUT2D eigenvalue weighted by atomic mass is 16.3. The predicted molar refractivity (Wildman–Crippen MR) is 116 cm³/mol. The number of rotatable bonds is 3. The number of aromatic hydroxyl groups is 4. The Balaban J connectivity index is 0.000000913. The first-order valence-corrected chi connectivity index (χ1v) is 9.69. The van der Waals surface area contributed by atoms with Gasteiger partial charge in [0, 0.05) is 5.41 Å². The maximum atomic E-state index is 11.9. The predicted octanol–water partition coefficient (Wildman–Crippen LogP) is 1.82. The van der Waals surface area contributed by atoms with Crippen LogP contribution in [0.2, 0.25) is 0 Å². The molecule has 0 aromatic heterocycles. The summed E-state index contributed by atoms with van der Waals surface area (Å²) in [5.41, 5.74) is 1.69. The second-order valence-electron chi connectivity index (χ2n) is 7.64. The van der Waals surface area contributed by atoms with Crippen molar-refractivity contribution in [2.75, 3.05) is 0 Å². The molecule has 8 nitrogen and oxygen atoms in total. The van der Waals surface area contributed by atoms with Crippen molar-refractivity contribution in [3.05, 3.63) is 46.5 Å². The van der Waals surface area contributed by atoms with Gasteiger partial charge in [-0.15, -0.1) is 18.8 Å². The molecule has 1 spiro atoms. The molecule has 0 radical (unpaired) electrons. The Morgan fingerprint density at radius 2 is 1.41 bits per heavy atom. The zero-order chi connectivity index (χ0) is 23.6. The summed E-state index contributed by atoms with van der Waals surface area (Å²) < 4.78 is 0. The summed E-state index contributed by atoms with van der Waals surface area (Å²) in [4.78, 5) is 23.0. The average Bonchev–Trinajstić information content (AvgIpc) is 3.19. The Morgan fingerprint density at radius 1 is 0.969 bits per heavy atom. The molecular weight excluding hydrogens is 412 g/mol. The van der Waals surface area contributed by atoms with Gasteiger partial charge in [-0.1, -0.05) is 0 Å². The summed E-state index contributed by atoms with van der Waals surface area (Å²) in [5.74, 6) is 2.31. The van der Waals surface area contributed by atoms with Crippen molar-refractivity contribution >= 4 is 12.3 Å². The third-order valence-corrected chi connectivity index (χ3v) is 5.89. The van der Waals surface area contributed by atoms with Crippen molar-refractivity contribution < 1.29 is 30.0 Å². The quantitative estimate of drug-likeness (QED) is 0.247. The maximum absolute atomic E-state index is 11.9. The fourth-order valence-corrected chi connectivity index (χ4v) is 4.74. The maximum Gasteiger partial charge on any atom is 0.296 e. The van der Waals surface area contributed by atoms with E-state index in [1.807, 2.05) is 5.92 Å². The summed E-state index contributed by atoms with van der Waals surface area (Å²) in [6, 6.07) is 4.61. The molecule has 2 aromatic rings. The third kappa shape index (κ3) is 3.52. The summed E-state index contributed by atoms with van der Waals surface area (Å²) in [5, 5.41) is 45.6. The Morgan fingerprint density at radius 3 is 1.88 bits per heavy atom. The fourth-order valence-electron chi connectivity index (χ4n) is 4.74. The lowest BCUT2D eigenvalue weighted by molar-refractivity contribution is -0.116. The van der Waals surface area contributed by atoms with Crippen LogP contribution in [-0.4, -0.2) is 32.7 Å².